The number of unbranched alkanes of at least 4 members (excludes halogenated alkanes) is 1. The number of aromatic nitrogens is 2. The number of hydrogen-bond donors (Lipinski definition) is 2. The van der Waals surface area contributed by atoms with Crippen molar-refractivity contribution in [3.05, 3.63) is 18.7 Å². The van der Waals surface area contributed by atoms with Crippen molar-refractivity contribution in [2.45, 2.75) is 33.2 Å². The molecule has 0 aliphatic heterocycles. The highest BCUT2D eigenvalue weighted by molar-refractivity contribution is 7.92. The Kier molecular flexibility index (Phi) is 15.3. The highest BCUT2D eigenvalue weighted by Gasteiger charge is 1.92. The maximum atomic E-state index is 9.00. The summed E-state index contributed by atoms with van der Waals surface area (Å²) in [5.74, 6) is -0.833. The zero-order valence-corrected chi connectivity index (χ0v) is 11.6. The molecule has 88 valence electrons. The molecular formula is C9H21N2O2P2+. The van der Waals surface area contributed by atoms with Gasteiger partial charge in [0, 0.05) is 6.92 Å². The summed E-state index contributed by atoms with van der Waals surface area (Å²) in [5.41, 5.74) is 0. The van der Waals surface area contributed by atoms with Crippen molar-refractivity contribution in [1.29, 1.82) is 0 Å². The molecule has 0 aliphatic carbocycles. The minimum Gasteiger partial charge on any atom is -0.481 e. The van der Waals surface area contributed by atoms with Crippen LogP contribution in [0.25, 0.3) is 0 Å². The van der Waals surface area contributed by atoms with Gasteiger partial charge in [0.2, 0.25) is 6.33 Å². The molecule has 2 N–H and O–H groups in total. The van der Waals surface area contributed by atoms with E-state index in [1.54, 1.807) is 0 Å². The van der Waals surface area contributed by atoms with E-state index in [0.29, 0.717) is 0 Å². The summed E-state index contributed by atoms with van der Waals surface area (Å²) < 4.78 is 2.16. The van der Waals surface area contributed by atoms with Crippen molar-refractivity contribution in [2.75, 3.05) is 0 Å². The second kappa shape index (κ2) is 13.5. The smallest absolute Gasteiger partial charge is 0.300 e. The van der Waals surface area contributed by atoms with Gasteiger partial charge in [0.25, 0.3) is 5.97 Å². The van der Waals surface area contributed by atoms with Crippen molar-refractivity contribution in [3.63, 3.8) is 0 Å². The third kappa shape index (κ3) is 16.2. The van der Waals surface area contributed by atoms with Crippen molar-refractivity contribution < 1.29 is 14.5 Å². The Bertz CT molecular complexity index is 224. The minimum absolute atomic E-state index is 0.833. The van der Waals surface area contributed by atoms with Crippen LogP contribution >= 0.6 is 17.9 Å². The number of aliphatic carboxylic acids is 1. The van der Waals surface area contributed by atoms with E-state index in [9.17, 15) is 0 Å². The van der Waals surface area contributed by atoms with Gasteiger partial charge >= 0.3 is 0 Å². The number of imidazole rings is 1. The van der Waals surface area contributed by atoms with Gasteiger partial charge in [-0.3, -0.25) is 9.78 Å². The third-order valence-corrected chi connectivity index (χ3v) is 1.37. The molecule has 0 fully saturated rings. The largest absolute Gasteiger partial charge is 0.481 e. The number of aryl methyl sites for hydroxylation is 1. The fraction of sp³-hybridized carbons (Fsp3) is 0.556. The van der Waals surface area contributed by atoms with Crippen LogP contribution in [0.4, 0.5) is 0 Å². The molecule has 6 heteroatoms. The zero-order valence-electron chi connectivity index (χ0n) is 9.31. The van der Waals surface area contributed by atoms with E-state index in [1.807, 2.05) is 12.5 Å². The van der Waals surface area contributed by atoms with Gasteiger partial charge in [-0.15, -0.1) is 17.9 Å². The van der Waals surface area contributed by atoms with Gasteiger partial charge in [-0.1, -0.05) is 13.3 Å². The number of hydrogen-bond acceptors (Lipinski definition) is 1. The van der Waals surface area contributed by atoms with Crippen LogP contribution in [0.5, 0.6) is 0 Å². The monoisotopic (exact) mass is 251 g/mol. The molecule has 2 unspecified atom stereocenters. The average molecular weight is 251 g/mol. The fourth-order valence-corrected chi connectivity index (χ4v) is 0.800. The van der Waals surface area contributed by atoms with Gasteiger partial charge in [-0.25, -0.2) is 4.57 Å². The molecule has 0 spiro atoms. The molecule has 4 nitrogen and oxygen atoms in total. The number of rotatable bonds is 3. The third-order valence-electron chi connectivity index (χ3n) is 1.37. The van der Waals surface area contributed by atoms with Crippen molar-refractivity contribution in [1.82, 2.24) is 4.98 Å². The Morgan fingerprint density at radius 2 is 2.07 bits per heavy atom. The van der Waals surface area contributed by atoms with Crippen LogP contribution in [0.2, 0.25) is 0 Å². The van der Waals surface area contributed by atoms with Crippen molar-refractivity contribution >= 4 is 23.8 Å². The first-order valence-electron chi connectivity index (χ1n) is 4.71. The molecule has 1 aromatic heterocycles. The van der Waals surface area contributed by atoms with Crippen LogP contribution in [-0.4, -0.2) is 16.1 Å². The van der Waals surface area contributed by atoms with Crippen LogP contribution in [-0.2, 0) is 11.3 Å². The SMILES string of the molecule is CC(=O)O.CCCC[n+]1cc[nH]c1.PP. The van der Waals surface area contributed by atoms with Gasteiger partial charge in [0.15, 0.2) is 0 Å². The molecule has 15 heavy (non-hydrogen) atoms. The number of nitrogens with zero attached hydrogens (tertiary/aromatic N) is 1. The van der Waals surface area contributed by atoms with Crippen molar-refractivity contribution in [2.24, 2.45) is 0 Å². The van der Waals surface area contributed by atoms with Gasteiger partial charge in [0.1, 0.15) is 12.4 Å². The summed E-state index contributed by atoms with van der Waals surface area (Å²) >= 11 is 0. The zero-order chi connectivity index (χ0) is 12.1. The first-order valence-corrected chi connectivity index (χ1v) is 7.38. The number of carbonyl (C=O) groups is 1. The summed E-state index contributed by atoms with van der Waals surface area (Å²) in [6.07, 6.45) is 8.50. The number of carboxylic acids is 1. The second-order valence-electron chi connectivity index (χ2n) is 2.72. The van der Waals surface area contributed by atoms with Gasteiger partial charge in [0.05, 0.1) is 6.54 Å². The van der Waals surface area contributed by atoms with Crippen LogP contribution in [0, 0.1) is 0 Å². The number of H-pyrrole nitrogens is 1. The van der Waals surface area contributed by atoms with E-state index >= 15 is 0 Å². The Hall–Kier alpha value is -0.460. The lowest BCUT2D eigenvalue weighted by molar-refractivity contribution is -0.696. The quantitative estimate of drug-likeness (QED) is 0.636. The van der Waals surface area contributed by atoms with E-state index in [2.05, 4.69) is 40.5 Å². The van der Waals surface area contributed by atoms with Gasteiger partial charge in [-0.05, 0) is 6.42 Å². The average Bonchev–Trinajstić information content (AvgIpc) is 2.69. The highest BCUT2D eigenvalue weighted by Crippen LogP contribution is 1.86. The highest BCUT2D eigenvalue weighted by atomic mass is 32.0. The van der Waals surface area contributed by atoms with E-state index < -0.39 is 5.97 Å². The summed E-state index contributed by atoms with van der Waals surface area (Å²) in [5, 5.41) is 7.42. The topological polar surface area (TPSA) is 57.0 Å². The Morgan fingerprint density at radius 3 is 2.40 bits per heavy atom. The first-order chi connectivity index (χ1) is 7.16. The maximum absolute atomic E-state index is 9.00. The number of aromatic amines is 1. The number of carboxylic acid groups (broad SMARTS) is 1. The standard InChI is InChI=1S/C7H12N2.C2H4O2.H4P2/c1-2-3-5-9-6-4-8-7-9;1-2(3)4;1-2/h4,6-7H,2-3,5H2,1H3;1H3,(H,3,4);1-2H2/p+1. The van der Waals surface area contributed by atoms with Crippen LogP contribution < -0.4 is 4.57 Å². The van der Waals surface area contributed by atoms with Crippen LogP contribution in [0.3, 0.4) is 0 Å². The summed E-state index contributed by atoms with van der Waals surface area (Å²) in [6, 6.07) is 0. The lowest BCUT2D eigenvalue weighted by Crippen LogP contribution is -2.29. The molecule has 0 saturated heterocycles. The molecule has 0 aromatic carbocycles. The molecule has 1 rings (SSSR count). The van der Waals surface area contributed by atoms with Crippen LogP contribution in [0.15, 0.2) is 18.7 Å². The van der Waals surface area contributed by atoms with Gasteiger partial charge < -0.3 is 5.11 Å². The van der Waals surface area contributed by atoms with Gasteiger partial charge in [-0.2, -0.15) is 0 Å². The lowest BCUT2D eigenvalue weighted by Gasteiger charge is -1.89. The molecule has 0 amide bonds. The predicted molar refractivity (Wildman–Crippen MR) is 68.6 cm³/mol. The Morgan fingerprint density at radius 1 is 1.53 bits per heavy atom. The molecule has 0 aliphatic rings. The minimum atomic E-state index is -0.833. The molecular weight excluding hydrogens is 230 g/mol. The predicted octanol–water partition coefficient (Wildman–Crippen LogP) is 1.84. The molecule has 1 heterocycles. The first kappa shape index (κ1) is 17.0. The second-order valence-corrected chi connectivity index (χ2v) is 2.72. The maximum Gasteiger partial charge on any atom is 0.300 e. The van der Waals surface area contributed by atoms with Crippen LogP contribution in [0.1, 0.15) is 26.7 Å². The number of nitrogens with one attached hydrogen (secondary N) is 1. The van der Waals surface area contributed by atoms with E-state index in [1.165, 1.54) is 12.8 Å². The van der Waals surface area contributed by atoms with E-state index in [0.717, 1.165) is 13.5 Å². The molecule has 1 aromatic rings. The molecule has 0 saturated carbocycles. The Balaban J connectivity index is 0. The fourth-order valence-electron chi connectivity index (χ4n) is 0.800. The summed E-state index contributed by atoms with van der Waals surface area (Å²) in [7, 11) is 4.67. The molecule has 0 bridgehead atoms. The summed E-state index contributed by atoms with van der Waals surface area (Å²) in [6.45, 7) is 4.42. The normalized spacial score (nSPS) is 8.00. The Labute approximate surface area is 95.8 Å². The van der Waals surface area contributed by atoms with E-state index in [-0.39, 0.29) is 0 Å². The van der Waals surface area contributed by atoms with Crippen molar-refractivity contribution in [3.8, 4) is 0 Å². The molecule has 2 atom stereocenters. The molecule has 0 radical (unpaired) electrons. The lowest BCUT2D eigenvalue weighted by atomic mass is 10.3. The van der Waals surface area contributed by atoms with E-state index in [4.69, 9.17) is 9.90 Å². The summed E-state index contributed by atoms with van der Waals surface area (Å²) in [4.78, 5) is 12.0.